The summed E-state index contributed by atoms with van der Waals surface area (Å²) in [5, 5.41) is 3.32. The highest BCUT2D eigenvalue weighted by atomic mass is 35.5. The quantitative estimate of drug-likeness (QED) is 0.677. The monoisotopic (exact) mass is 355 g/mol. The molecule has 7 nitrogen and oxygen atoms in total. The van der Waals surface area contributed by atoms with Gasteiger partial charge in [-0.2, -0.15) is 15.0 Å². The van der Waals surface area contributed by atoms with Crippen LogP contribution in [0, 0.1) is 0 Å². The number of benzene rings is 2. The van der Waals surface area contributed by atoms with E-state index in [4.69, 9.17) is 22.1 Å². The Morgan fingerprint density at radius 3 is 2.52 bits per heavy atom. The van der Waals surface area contributed by atoms with E-state index in [1.165, 1.54) is 0 Å². The lowest BCUT2D eigenvalue weighted by Crippen LogP contribution is -2.11. The van der Waals surface area contributed by atoms with Gasteiger partial charge < -0.3 is 15.8 Å². The third-order valence-corrected chi connectivity index (χ3v) is 3.48. The number of nitrogen functional groups attached to an aromatic ring is 1. The van der Waals surface area contributed by atoms with Crippen LogP contribution in [0.3, 0.4) is 0 Å². The van der Waals surface area contributed by atoms with Gasteiger partial charge in [-0.25, -0.2) is 4.79 Å². The topological polar surface area (TPSA) is 103 Å². The van der Waals surface area contributed by atoms with Gasteiger partial charge in [0.15, 0.2) is 12.4 Å². The summed E-state index contributed by atoms with van der Waals surface area (Å²) in [5.74, 6) is -0.0480. The van der Waals surface area contributed by atoms with E-state index in [2.05, 4.69) is 20.3 Å². The number of nitrogens with two attached hydrogens (primary N) is 1. The number of anilines is 3. The molecule has 0 amide bonds. The lowest BCUT2D eigenvalue weighted by molar-refractivity contribution is 0.0462. The Labute approximate surface area is 148 Å². The minimum absolute atomic E-state index is 0.0252. The molecule has 0 saturated carbocycles. The minimum Gasteiger partial charge on any atom is -0.454 e. The molecule has 0 saturated heterocycles. The summed E-state index contributed by atoms with van der Waals surface area (Å²) in [4.78, 5) is 24.2. The van der Waals surface area contributed by atoms with Crippen molar-refractivity contribution in [2.24, 2.45) is 0 Å². The number of hydrogen-bond acceptors (Lipinski definition) is 7. The Balaban J connectivity index is 1.70. The normalized spacial score (nSPS) is 10.3. The van der Waals surface area contributed by atoms with Gasteiger partial charge >= 0.3 is 5.97 Å². The zero-order valence-electron chi connectivity index (χ0n) is 13.0. The van der Waals surface area contributed by atoms with Crippen molar-refractivity contribution < 1.29 is 9.53 Å². The van der Waals surface area contributed by atoms with E-state index in [1.807, 2.05) is 30.3 Å². The van der Waals surface area contributed by atoms with Crippen LogP contribution in [0.5, 0.6) is 0 Å². The highest BCUT2D eigenvalue weighted by Crippen LogP contribution is 2.17. The van der Waals surface area contributed by atoms with Crippen LogP contribution in [0.15, 0.2) is 54.6 Å². The molecule has 3 aromatic rings. The predicted octanol–water partition coefficient (Wildman–Crippen LogP) is 3.21. The number of ether oxygens (including phenoxy) is 1. The van der Waals surface area contributed by atoms with Crippen LogP contribution in [0.1, 0.15) is 16.2 Å². The van der Waals surface area contributed by atoms with Gasteiger partial charge in [0, 0.05) is 5.69 Å². The van der Waals surface area contributed by atoms with Gasteiger partial charge in [0.05, 0.1) is 10.6 Å². The molecule has 0 unspecified atom stereocenters. The van der Waals surface area contributed by atoms with Gasteiger partial charge in [0.25, 0.3) is 0 Å². The van der Waals surface area contributed by atoms with E-state index in [0.717, 1.165) is 5.69 Å². The third-order valence-electron chi connectivity index (χ3n) is 3.16. The van der Waals surface area contributed by atoms with E-state index >= 15 is 0 Å². The number of halogens is 1. The number of carbonyl (C=O) groups excluding carboxylic acids is 1. The molecule has 0 spiro atoms. The molecule has 0 bridgehead atoms. The molecule has 0 radical (unpaired) electrons. The molecular formula is C17H14ClN5O2. The molecule has 3 rings (SSSR count). The molecule has 3 N–H and O–H groups in total. The average molecular weight is 356 g/mol. The van der Waals surface area contributed by atoms with Gasteiger partial charge in [-0.05, 0) is 24.3 Å². The first kappa shape index (κ1) is 16.7. The van der Waals surface area contributed by atoms with Crippen molar-refractivity contribution in [2.45, 2.75) is 6.61 Å². The fourth-order valence-corrected chi connectivity index (χ4v) is 2.26. The SMILES string of the molecule is Nc1nc(COC(=O)c2ccccc2Cl)nc(Nc2ccccc2)n1. The Kier molecular flexibility index (Phi) is 5.06. The van der Waals surface area contributed by atoms with Crippen molar-refractivity contribution in [1.29, 1.82) is 0 Å². The van der Waals surface area contributed by atoms with Crippen molar-refractivity contribution in [3.05, 3.63) is 71.0 Å². The minimum atomic E-state index is -0.567. The first-order valence-corrected chi connectivity index (χ1v) is 7.74. The zero-order chi connectivity index (χ0) is 17.6. The lowest BCUT2D eigenvalue weighted by atomic mass is 10.2. The summed E-state index contributed by atoms with van der Waals surface area (Å²) >= 11 is 5.97. The van der Waals surface area contributed by atoms with Gasteiger partial charge in [-0.15, -0.1) is 0 Å². The molecule has 0 aliphatic rings. The molecular weight excluding hydrogens is 342 g/mol. The van der Waals surface area contributed by atoms with Crippen molar-refractivity contribution in [3.8, 4) is 0 Å². The van der Waals surface area contributed by atoms with E-state index in [-0.39, 0.29) is 29.9 Å². The highest BCUT2D eigenvalue weighted by Gasteiger charge is 2.13. The number of nitrogens with one attached hydrogen (secondary N) is 1. The largest absolute Gasteiger partial charge is 0.454 e. The number of esters is 1. The van der Waals surface area contributed by atoms with E-state index < -0.39 is 5.97 Å². The highest BCUT2D eigenvalue weighted by molar-refractivity contribution is 6.33. The summed E-state index contributed by atoms with van der Waals surface area (Å²) in [5.41, 5.74) is 6.76. The summed E-state index contributed by atoms with van der Waals surface area (Å²) < 4.78 is 5.20. The maximum atomic E-state index is 12.1. The number of aromatic nitrogens is 3. The Morgan fingerprint density at radius 1 is 1.04 bits per heavy atom. The number of rotatable bonds is 5. The van der Waals surface area contributed by atoms with Crippen molar-refractivity contribution in [3.63, 3.8) is 0 Å². The fraction of sp³-hybridized carbons (Fsp3) is 0.0588. The standard InChI is InChI=1S/C17H14ClN5O2/c18-13-9-5-4-8-12(13)15(24)25-10-14-21-16(19)23-17(22-14)20-11-6-2-1-3-7-11/h1-9H,10H2,(H3,19,20,21,22,23). The molecule has 25 heavy (non-hydrogen) atoms. The Bertz CT molecular complexity index is 889. The number of nitrogens with zero attached hydrogens (tertiary/aromatic N) is 3. The maximum absolute atomic E-state index is 12.1. The number of para-hydroxylation sites is 1. The van der Waals surface area contributed by atoms with E-state index in [1.54, 1.807) is 24.3 Å². The second-order valence-corrected chi connectivity index (χ2v) is 5.39. The zero-order valence-corrected chi connectivity index (χ0v) is 13.8. The van der Waals surface area contributed by atoms with E-state index in [9.17, 15) is 4.79 Å². The number of hydrogen-bond donors (Lipinski definition) is 2. The molecule has 0 fully saturated rings. The Morgan fingerprint density at radius 2 is 1.76 bits per heavy atom. The van der Waals surface area contributed by atoms with Crippen molar-refractivity contribution in [2.75, 3.05) is 11.1 Å². The van der Waals surface area contributed by atoms with Gasteiger partial charge in [-0.3, -0.25) is 0 Å². The predicted molar refractivity (Wildman–Crippen MR) is 94.5 cm³/mol. The molecule has 8 heteroatoms. The summed E-state index contributed by atoms with van der Waals surface area (Å²) in [6.07, 6.45) is 0. The van der Waals surface area contributed by atoms with Crippen LogP contribution in [-0.4, -0.2) is 20.9 Å². The van der Waals surface area contributed by atoms with Crippen LogP contribution in [-0.2, 0) is 11.3 Å². The second-order valence-electron chi connectivity index (χ2n) is 4.98. The average Bonchev–Trinajstić information content (AvgIpc) is 2.60. The molecule has 2 aromatic carbocycles. The van der Waals surface area contributed by atoms with Crippen molar-refractivity contribution in [1.82, 2.24) is 15.0 Å². The summed E-state index contributed by atoms with van der Waals surface area (Å²) in [6.45, 7) is -0.153. The van der Waals surface area contributed by atoms with E-state index in [0.29, 0.717) is 5.02 Å². The van der Waals surface area contributed by atoms with Gasteiger partial charge in [-0.1, -0.05) is 41.9 Å². The second kappa shape index (κ2) is 7.59. The van der Waals surface area contributed by atoms with Crippen LogP contribution in [0.4, 0.5) is 17.6 Å². The molecule has 1 aromatic heterocycles. The molecule has 126 valence electrons. The molecule has 0 atom stereocenters. The smallest absolute Gasteiger partial charge is 0.340 e. The van der Waals surface area contributed by atoms with Crippen LogP contribution < -0.4 is 11.1 Å². The van der Waals surface area contributed by atoms with Crippen LogP contribution >= 0.6 is 11.6 Å². The van der Waals surface area contributed by atoms with Gasteiger partial charge in [0.2, 0.25) is 11.9 Å². The molecule has 1 heterocycles. The molecule has 0 aliphatic heterocycles. The lowest BCUT2D eigenvalue weighted by Gasteiger charge is -2.08. The van der Waals surface area contributed by atoms with Crippen molar-refractivity contribution >= 4 is 35.2 Å². The summed E-state index contributed by atoms with van der Waals surface area (Å²) in [6, 6.07) is 16.0. The number of carbonyl (C=O) groups is 1. The van der Waals surface area contributed by atoms with Crippen LogP contribution in [0.25, 0.3) is 0 Å². The fourth-order valence-electron chi connectivity index (χ4n) is 2.04. The van der Waals surface area contributed by atoms with Crippen LogP contribution in [0.2, 0.25) is 5.02 Å². The Hall–Kier alpha value is -3.19. The third kappa shape index (κ3) is 4.42. The first-order valence-electron chi connectivity index (χ1n) is 7.36. The first-order chi connectivity index (χ1) is 12.1. The maximum Gasteiger partial charge on any atom is 0.340 e. The molecule has 0 aliphatic carbocycles. The van der Waals surface area contributed by atoms with Gasteiger partial charge in [0.1, 0.15) is 0 Å². The summed E-state index contributed by atoms with van der Waals surface area (Å²) in [7, 11) is 0.